The van der Waals surface area contributed by atoms with E-state index in [0.717, 1.165) is 14.8 Å². The van der Waals surface area contributed by atoms with Crippen molar-refractivity contribution in [3.8, 4) is 0 Å². The summed E-state index contributed by atoms with van der Waals surface area (Å²) >= 11 is 8.99. The highest BCUT2D eigenvalue weighted by Gasteiger charge is 2.32. The molecule has 1 atom stereocenters. The molecule has 1 unspecified atom stereocenters. The highest BCUT2D eigenvalue weighted by atomic mass is 32.2. The normalized spacial score (nSPS) is 12.6. The first-order valence-electron chi connectivity index (χ1n) is 11.3. The first-order chi connectivity index (χ1) is 14.4. The summed E-state index contributed by atoms with van der Waals surface area (Å²) < 4.78 is 0.911. The van der Waals surface area contributed by atoms with Gasteiger partial charge in [-0.3, -0.25) is 9.78 Å². The maximum Gasteiger partial charge on any atom is 0.309 e. The lowest BCUT2D eigenvalue weighted by molar-refractivity contribution is -0.147. The number of rotatable bonds is 16. The Labute approximate surface area is 197 Å². The van der Waals surface area contributed by atoms with E-state index in [4.69, 9.17) is 12.2 Å². The quantitative estimate of drug-likeness (QED) is 0.194. The number of hydrogen-bond donors (Lipinski definition) is 1. The molecular weight excluding hydrogens is 430 g/mol. The summed E-state index contributed by atoms with van der Waals surface area (Å²) in [5.41, 5.74) is 0.295. The molecule has 0 aliphatic heterocycles. The molecule has 0 radical (unpaired) electrons. The molecule has 0 saturated carbocycles. The maximum atomic E-state index is 11.6. The van der Waals surface area contributed by atoms with Crippen LogP contribution in [0.2, 0.25) is 0 Å². The van der Waals surface area contributed by atoms with Crippen LogP contribution in [0.3, 0.4) is 0 Å². The summed E-state index contributed by atoms with van der Waals surface area (Å²) in [5, 5.41) is 9.56. The van der Waals surface area contributed by atoms with Gasteiger partial charge in [-0.1, -0.05) is 88.7 Å². The molecule has 0 bridgehead atoms. The molecular formula is C24H39NO2S3. The average Bonchev–Trinajstić information content (AvgIpc) is 2.72. The minimum atomic E-state index is -0.794. The fourth-order valence-corrected chi connectivity index (χ4v) is 6.26. The predicted molar refractivity (Wildman–Crippen MR) is 138 cm³/mol. The zero-order valence-corrected chi connectivity index (χ0v) is 21.3. The largest absolute Gasteiger partial charge is 0.481 e. The van der Waals surface area contributed by atoms with Crippen LogP contribution in [0.25, 0.3) is 0 Å². The molecule has 0 amide bonds. The molecule has 6 heteroatoms. The maximum absolute atomic E-state index is 11.6. The van der Waals surface area contributed by atoms with Gasteiger partial charge in [-0.25, -0.2) is 0 Å². The molecule has 170 valence electrons. The molecule has 1 aromatic heterocycles. The van der Waals surface area contributed by atoms with Crippen molar-refractivity contribution in [2.75, 3.05) is 5.75 Å². The first kappa shape index (κ1) is 27.4. The lowest BCUT2D eigenvalue weighted by Gasteiger charge is -2.26. The molecule has 30 heavy (non-hydrogen) atoms. The van der Waals surface area contributed by atoms with Crippen molar-refractivity contribution >= 4 is 45.2 Å². The molecule has 1 rings (SSSR count). The van der Waals surface area contributed by atoms with Gasteiger partial charge in [0.2, 0.25) is 0 Å². The van der Waals surface area contributed by atoms with Crippen LogP contribution in [-0.2, 0) is 4.79 Å². The third-order valence-corrected chi connectivity index (χ3v) is 8.24. The highest BCUT2D eigenvalue weighted by Crippen LogP contribution is 2.42. The van der Waals surface area contributed by atoms with Gasteiger partial charge in [0.05, 0.1) is 5.41 Å². The molecule has 3 nitrogen and oxygen atoms in total. The second-order valence-corrected chi connectivity index (χ2v) is 12.1. The highest BCUT2D eigenvalue weighted by molar-refractivity contribution is 8.47. The van der Waals surface area contributed by atoms with Crippen LogP contribution in [0.1, 0.15) is 102 Å². The van der Waals surface area contributed by atoms with Crippen LogP contribution < -0.4 is 0 Å². The monoisotopic (exact) mass is 469 g/mol. The van der Waals surface area contributed by atoms with Crippen molar-refractivity contribution in [1.29, 1.82) is 0 Å². The number of carboxylic acid groups (broad SMARTS) is 1. The Bertz CT molecular complexity index is 608. The van der Waals surface area contributed by atoms with Crippen molar-refractivity contribution in [3.05, 3.63) is 30.1 Å². The fraction of sp³-hybridized carbons (Fsp3) is 0.708. The Balaban J connectivity index is 2.30. The SMILES string of the molecule is CCCCCCCCCCCCSC(=S)SC(CC(C)(C)C(=O)O)c1ccncc1. The third-order valence-electron chi connectivity index (χ3n) is 5.31. The molecule has 1 aromatic rings. The number of aromatic nitrogens is 1. The van der Waals surface area contributed by atoms with Gasteiger partial charge in [0, 0.05) is 17.6 Å². The van der Waals surface area contributed by atoms with Crippen LogP contribution >= 0.6 is 35.7 Å². The summed E-state index contributed by atoms with van der Waals surface area (Å²) in [6.07, 6.45) is 17.4. The van der Waals surface area contributed by atoms with Crippen LogP contribution in [0, 0.1) is 5.41 Å². The fourth-order valence-electron chi connectivity index (χ4n) is 3.25. The van der Waals surface area contributed by atoms with Gasteiger partial charge in [-0.15, -0.1) is 11.8 Å². The summed E-state index contributed by atoms with van der Waals surface area (Å²) in [4.78, 5) is 15.7. The number of nitrogens with zero attached hydrogens (tertiary/aromatic N) is 1. The van der Waals surface area contributed by atoms with Gasteiger partial charge in [-0.2, -0.15) is 0 Å². The van der Waals surface area contributed by atoms with Crippen molar-refractivity contribution in [2.45, 2.75) is 96.7 Å². The Hall–Kier alpha value is -0.590. The molecule has 0 saturated heterocycles. The molecule has 0 aliphatic carbocycles. The smallest absolute Gasteiger partial charge is 0.309 e. The van der Waals surface area contributed by atoms with Gasteiger partial charge in [-0.05, 0) is 50.1 Å². The summed E-state index contributed by atoms with van der Waals surface area (Å²) in [6.45, 7) is 5.83. The average molecular weight is 470 g/mol. The molecule has 0 aromatic carbocycles. The van der Waals surface area contributed by atoms with Crippen LogP contribution in [0.4, 0.5) is 0 Å². The number of hydrogen-bond acceptors (Lipinski definition) is 5. The van der Waals surface area contributed by atoms with Crippen molar-refractivity contribution in [2.24, 2.45) is 5.41 Å². The van der Waals surface area contributed by atoms with E-state index in [1.165, 1.54) is 64.2 Å². The number of carboxylic acids is 1. The van der Waals surface area contributed by atoms with E-state index in [-0.39, 0.29) is 5.25 Å². The zero-order valence-electron chi connectivity index (χ0n) is 18.9. The number of unbranched alkanes of at least 4 members (excludes halogenated alkanes) is 9. The third kappa shape index (κ3) is 12.3. The standard InChI is InChI=1S/C24H39NO2S3/c1-4-5-6-7-8-9-10-11-12-13-18-29-23(28)30-21(19-24(2,3)22(26)27)20-14-16-25-17-15-20/h14-17,21H,4-13,18-19H2,1-3H3,(H,26,27). The van der Waals surface area contributed by atoms with E-state index in [0.29, 0.717) is 6.42 Å². The Morgan fingerprint density at radius 1 is 1.03 bits per heavy atom. The number of thiocarbonyl (C=S) groups is 1. The van der Waals surface area contributed by atoms with Crippen LogP contribution in [-0.4, -0.2) is 25.3 Å². The van der Waals surface area contributed by atoms with Crippen molar-refractivity contribution in [3.63, 3.8) is 0 Å². The lowest BCUT2D eigenvalue weighted by atomic mass is 9.86. The van der Waals surface area contributed by atoms with Gasteiger partial charge in [0.15, 0.2) is 0 Å². The van der Waals surface area contributed by atoms with E-state index >= 15 is 0 Å². The number of aliphatic carboxylic acids is 1. The van der Waals surface area contributed by atoms with Crippen molar-refractivity contribution in [1.82, 2.24) is 4.98 Å². The van der Waals surface area contributed by atoms with Crippen molar-refractivity contribution < 1.29 is 9.90 Å². The summed E-state index contributed by atoms with van der Waals surface area (Å²) in [5.74, 6) is 0.277. The number of thioether (sulfide) groups is 2. The Kier molecular flexibility index (Phi) is 14.7. The van der Waals surface area contributed by atoms with Gasteiger partial charge < -0.3 is 5.11 Å². The van der Waals surface area contributed by atoms with Gasteiger partial charge >= 0.3 is 5.97 Å². The number of carbonyl (C=O) groups is 1. The topological polar surface area (TPSA) is 50.2 Å². The van der Waals surface area contributed by atoms with E-state index < -0.39 is 11.4 Å². The summed E-state index contributed by atoms with van der Waals surface area (Å²) in [6, 6.07) is 3.93. The van der Waals surface area contributed by atoms with E-state index in [1.807, 2.05) is 12.1 Å². The Morgan fingerprint density at radius 2 is 1.57 bits per heavy atom. The van der Waals surface area contributed by atoms with Crippen LogP contribution in [0.5, 0.6) is 0 Å². The summed E-state index contributed by atoms with van der Waals surface area (Å²) in [7, 11) is 0. The molecule has 0 spiro atoms. The van der Waals surface area contributed by atoms with Gasteiger partial charge in [0.1, 0.15) is 3.53 Å². The minimum Gasteiger partial charge on any atom is -0.481 e. The molecule has 1 N–H and O–H groups in total. The second-order valence-electron chi connectivity index (χ2n) is 8.56. The zero-order chi connectivity index (χ0) is 22.2. The first-order valence-corrected chi connectivity index (χ1v) is 13.6. The number of pyridine rings is 1. The molecule has 0 aliphatic rings. The molecule has 0 fully saturated rings. The van der Waals surface area contributed by atoms with E-state index in [9.17, 15) is 9.90 Å². The van der Waals surface area contributed by atoms with E-state index in [2.05, 4.69) is 11.9 Å². The molecule has 1 heterocycles. The Morgan fingerprint density at radius 3 is 2.10 bits per heavy atom. The van der Waals surface area contributed by atoms with Gasteiger partial charge in [0.25, 0.3) is 0 Å². The van der Waals surface area contributed by atoms with Crippen LogP contribution in [0.15, 0.2) is 24.5 Å². The second kappa shape index (κ2) is 16.1. The minimum absolute atomic E-state index is 0.0341. The lowest BCUT2D eigenvalue weighted by Crippen LogP contribution is -2.25. The van der Waals surface area contributed by atoms with E-state index in [1.54, 1.807) is 49.8 Å². The predicted octanol–water partition coefficient (Wildman–Crippen LogP) is 8.30.